The van der Waals surface area contributed by atoms with Gasteiger partial charge in [0.1, 0.15) is 10.7 Å². The maximum atomic E-state index is 12.6. The fourth-order valence-electron chi connectivity index (χ4n) is 3.21. The Balaban J connectivity index is 1.50. The van der Waals surface area contributed by atoms with Gasteiger partial charge in [0.25, 0.3) is 11.5 Å². The zero-order valence-electron chi connectivity index (χ0n) is 16.2. The van der Waals surface area contributed by atoms with Gasteiger partial charge in [0.2, 0.25) is 0 Å². The molecule has 2 heterocycles. The number of esters is 1. The molecule has 2 aromatic heterocycles. The number of nitrogens with zero attached hydrogens (tertiary/aromatic N) is 1. The Hall–Kier alpha value is -3.00. The predicted molar refractivity (Wildman–Crippen MR) is 111 cm³/mol. The van der Waals surface area contributed by atoms with Gasteiger partial charge in [-0.3, -0.25) is 9.59 Å². The van der Waals surface area contributed by atoms with Gasteiger partial charge in [-0.1, -0.05) is 19.1 Å². The molecule has 1 aliphatic carbocycles. The smallest absolute Gasteiger partial charge is 0.338 e. The van der Waals surface area contributed by atoms with Crippen molar-refractivity contribution in [2.45, 2.75) is 39.2 Å². The molecule has 1 amide bonds. The molecular formula is C21H21N3O4S. The highest BCUT2D eigenvalue weighted by Gasteiger charge is 2.23. The van der Waals surface area contributed by atoms with E-state index in [2.05, 4.69) is 15.3 Å². The SMILES string of the molecule is CCc1c(C)sc2nc(-c3ccc(C(=O)OCC(=O)NC4CC4)cc3)[nH]c(=O)c12. The van der Waals surface area contributed by atoms with E-state index in [9.17, 15) is 14.4 Å². The number of aromatic nitrogens is 2. The van der Waals surface area contributed by atoms with Crippen LogP contribution in [0.1, 0.15) is 40.6 Å². The number of carbonyl (C=O) groups is 2. The van der Waals surface area contributed by atoms with Crippen molar-refractivity contribution in [2.24, 2.45) is 0 Å². The number of hydrogen-bond donors (Lipinski definition) is 2. The lowest BCUT2D eigenvalue weighted by molar-refractivity contribution is -0.124. The van der Waals surface area contributed by atoms with E-state index in [-0.39, 0.29) is 24.1 Å². The number of amides is 1. The molecule has 1 saturated carbocycles. The second kappa shape index (κ2) is 7.79. The largest absolute Gasteiger partial charge is 0.452 e. The van der Waals surface area contributed by atoms with E-state index in [4.69, 9.17) is 4.74 Å². The Morgan fingerprint density at radius 3 is 2.66 bits per heavy atom. The molecule has 150 valence electrons. The first-order valence-electron chi connectivity index (χ1n) is 9.55. The lowest BCUT2D eigenvalue weighted by atomic mass is 10.1. The minimum absolute atomic E-state index is 0.156. The minimum Gasteiger partial charge on any atom is -0.452 e. The van der Waals surface area contributed by atoms with Crippen LogP contribution in [0.4, 0.5) is 0 Å². The summed E-state index contributed by atoms with van der Waals surface area (Å²) in [6, 6.07) is 6.82. The molecule has 7 nitrogen and oxygen atoms in total. The van der Waals surface area contributed by atoms with Crippen LogP contribution < -0.4 is 10.9 Å². The second-order valence-corrected chi connectivity index (χ2v) is 8.28. The second-order valence-electron chi connectivity index (χ2n) is 7.08. The van der Waals surface area contributed by atoms with Gasteiger partial charge in [0.05, 0.1) is 10.9 Å². The van der Waals surface area contributed by atoms with Gasteiger partial charge in [0.15, 0.2) is 6.61 Å². The average molecular weight is 411 g/mol. The summed E-state index contributed by atoms with van der Waals surface area (Å²) in [5.41, 5.74) is 1.90. The van der Waals surface area contributed by atoms with Gasteiger partial charge in [-0.25, -0.2) is 9.78 Å². The van der Waals surface area contributed by atoms with Gasteiger partial charge in [0, 0.05) is 16.5 Å². The van der Waals surface area contributed by atoms with Crippen molar-refractivity contribution in [3.63, 3.8) is 0 Å². The molecule has 0 unspecified atom stereocenters. The van der Waals surface area contributed by atoms with Gasteiger partial charge in [-0.2, -0.15) is 0 Å². The molecular weight excluding hydrogens is 390 g/mol. The fourth-order valence-corrected chi connectivity index (χ4v) is 4.33. The molecule has 29 heavy (non-hydrogen) atoms. The van der Waals surface area contributed by atoms with Gasteiger partial charge < -0.3 is 15.0 Å². The highest BCUT2D eigenvalue weighted by Crippen LogP contribution is 2.28. The Bertz CT molecular complexity index is 1140. The van der Waals surface area contributed by atoms with Crippen LogP contribution in [0.5, 0.6) is 0 Å². The molecule has 0 atom stereocenters. The number of hydrogen-bond acceptors (Lipinski definition) is 6. The molecule has 1 aliphatic rings. The van der Waals surface area contributed by atoms with Gasteiger partial charge in [-0.05, 0) is 43.9 Å². The molecule has 0 aliphatic heterocycles. The lowest BCUT2D eigenvalue weighted by Gasteiger charge is -2.06. The summed E-state index contributed by atoms with van der Waals surface area (Å²) >= 11 is 1.51. The van der Waals surface area contributed by atoms with Crippen molar-refractivity contribution in [1.82, 2.24) is 15.3 Å². The third-order valence-corrected chi connectivity index (χ3v) is 5.93. The van der Waals surface area contributed by atoms with E-state index in [0.29, 0.717) is 27.2 Å². The van der Waals surface area contributed by atoms with Crippen molar-refractivity contribution in [2.75, 3.05) is 6.61 Å². The van der Waals surface area contributed by atoms with Gasteiger partial charge >= 0.3 is 5.97 Å². The third-order valence-electron chi connectivity index (χ3n) is 4.89. The summed E-state index contributed by atoms with van der Waals surface area (Å²) in [5, 5.41) is 3.42. The number of thiophene rings is 1. The van der Waals surface area contributed by atoms with E-state index in [1.807, 2.05) is 13.8 Å². The third kappa shape index (κ3) is 4.07. The Labute approximate surface area is 171 Å². The zero-order valence-corrected chi connectivity index (χ0v) is 17.0. The quantitative estimate of drug-likeness (QED) is 0.608. The maximum absolute atomic E-state index is 12.6. The van der Waals surface area contributed by atoms with Crippen LogP contribution in [0.2, 0.25) is 0 Å². The molecule has 4 rings (SSSR count). The van der Waals surface area contributed by atoms with Crippen LogP contribution in [0.25, 0.3) is 21.6 Å². The predicted octanol–water partition coefficient (Wildman–Crippen LogP) is 2.96. The summed E-state index contributed by atoms with van der Waals surface area (Å²) in [4.78, 5) is 45.6. The van der Waals surface area contributed by atoms with Crippen molar-refractivity contribution in [3.05, 3.63) is 50.6 Å². The zero-order chi connectivity index (χ0) is 20.5. The van der Waals surface area contributed by atoms with E-state index >= 15 is 0 Å². The monoisotopic (exact) mass is 411 g/mol. The first-order valence-corrected chi connectivity index (χ1v) is 10.4. The highest BCUT2D eigenvalue weighted by atomic mass is 32.1. The molecule has 1 aromatic carbocycles. The lowest BCUT2D eigenvalue weighted by Crippen LogP contribution is -2.30. The first kappa shape index (κ1) is 19.3. The Morgan fingerprint density at radius 1 is 1.28 bits per heavy atom. The number of ether oxygens (including phenoxy) is 1. The van der Waals surface area contributed by atoms with Crippen LogP contribution in [0, 0.1) is 6.92 Å². The molecule has 8 heteroatoms. The number of fused-ring (bicyclic) bond motifs is 1. The molecule has 1 fully saturated rings. The van der Waals surface area contributed by atoms with E-state index < -0.39 is 5.97 Å². The van der Waals surface area contributed by atoms with Crippen molar-refractivity contribution < 1.29 is 14.3 Å². The summed E-state index contributed by atoms with van der Waals surface area (Å²) in [6.45, 7) is 3.73. The molecule has 2 N–H and O–H groups in total. The Morgan fingerprint density at radius 2 is 2.00 bits per heavy atom. The number of benzene rings is 1. The summed E-state index contributed by atoms with van der Waals surface area (Å²) in [6.07, 6.45) is 2.74. The Kier molecular flexibility index (Phi) is 5.19. The standard InChI is InChI=1S/C21H21N3O4S/c1-3-15-11(2)29-20-17(15)19(26)23-18(24-20)12-4-6-13(7-5-12)21(27)28-10-16(25)22-14-8-9-14/h4-7,14H,3,8-10H2,1-2H3,(H,22,25)(H,23,24,26). The minimum atomic E-state index is -0.569. The van der Waals surface area contributed by atoms with Crippen LogP contribution in [0.3, 0.4) is 0 Å². The van der Waals surface area contributed by atoms with Crippen molar-refractivity contribution in [3.8, 4) is 11.4 Å². The van der Waals surface area contributed by atoms with Crippen LogP contribution in [-0.2, 0) is 16.0 Å². The highest BCUT2D eigenvalue weighted by molar-refractivity contribution is 7.18. The summed E-state index contributed by atoms with van der Waals surface area (Å²) < 4.78 is 5.05. The van der Waals surface area contributed by atoms with E-state index in [1.165, 1.54) is 11.3 Å². The number of H-pyrrole nitrogens is 1. The first-order chi connectivity index (χ1) is 14.0. The topological polar surface area (TPSA) is 101 Å². The summed E-state index contributed by atoms with van der Waals surface area (Å²) in [7, 11) is 0. The van der Waals surface area contributed by atoms with E-state index in [0.717, 1.165) is 29.7 Å². The van der Waals surface area contributed by atoms with Gasteiger partial charge in [-0.15, -0.1) is 11.3 Å². The number of rotatable bonds is 6. The van der Waals surface area contributed by atoms with Crippen molar-refractivity contribution in [1.29, 1.82) is 0 Å². The number of aryl methyl sites for hydroxylation is 2. The molecule has 0 radical (unpaired) electrons. The normalized spacial score (nSPS) is 13.4. The van der Waals surface area contributed by atoms with Crippen LogP contribution in [0.15, 0.2) is 29.1 Å². The molecule has 3 aromatic rings. The van der Waals surface area contributed by atoms with Crippen LogP contribution >= 0.6 is 11.3 Å². The summed E-state index contributed by atoms with van der Waals surface area (Å²) in [5.74, 6) is -0.402. The van der Waals surface area contributed by atoms with E-state index in [1.54, 1.807) is 24.3 Å². The van der Waals surface area contributed by atoms with Crippen molar-refractivity contribution >= 4 is 33.4 Å². The number of nitrogens with one attached hydrogen (secondary N) is 2. The molecule has 0 saturated heterocycles. The van der Waals surface area contributed by atoms with Crippen LogP contribution in [-0.4, -0.2) is 34.5 Å². The number of carbonyl (C=O) groups excluding carboxylic acids is 2. The molecule has 0 spiro atoms. The average Bonchev–Trinajstić information content (AvgIpc) is 3.46. The molecule has 0 bridgehead atoms. The maximum Gasteiger partial charge on any atom is 0.338 e. The fraction of sp³-hybridized carbons (Fsp3) is 0.333. The number of aromatic amines is 1.